The summed E-state index contributed by atoms with van der Waals surface area (Å²) in [4.78, 5) is 2.67. The fraction of sp³-hybridized carbons (Fsp3) is 0.812. The highest BCUT2D eigenvalue weighted by molar-refractivity contribution is 6.30. The Morgan fingerprint density at radius 1 is 1.24 bits per heavy atom. The smallest absolute Gasteiger partial charge is 0.130 e. The molecule has 0 bridgehead atoms. The van der Waals surface area contributed by atoms with Gasteiger partial charge < -0.3 is 5.73 Å². The standard InChI is InChI=1S/C16H27ClN4/c1-12-13(15(17)20(2)19-12)11-14(18)16(7-3-4-8-16)21-9-5-6-10-21/h14H,3-11,18H2,1-2H3. The van der Waals surface area contributed by atoms with E-state index in [1.165, 1.54) is 51.6 Å². The van der Waals surface area contributed by atoms with Gasteiger partial charge in [-0.2, -0.15) is 5.10 Å². The van der Waals surface area contributed by atoms with Gasteiger partial charge in [0.25, 0.3) is 0 Å². The number of rotatable bonds is 4. The first-order valence-corrected chi connectivity index (χ1v) is 8.61. The predicted octanol–water partition coefficient (Wildman–Crippen LogP) is 2.66. The Balaban J connectivity index is 1.83. The SMILES string of the molecule is Cc1nn(C)c(Cl)c1CC(N)C1(N2CCCC2)CCCC1. The average molecular weight is 311 g/mol. The van der Waals surface area contributed by atoms with Crippen LogP contribution in [0.5, 0.6) is 0 Å². The van der Waals surface area contributed by atoms with Crippen LogP contribution in [0, 0.1) is 6.92 Å². The average Bonchev–Trinajstić information content (AvgIpc) is 3.16. The molecule has 1 atom stereocenters. The largest absolute Gasteiger partial charge is 0.326 e. The van der Waals surface area contributed by atoms with Crippen LogP contribution in [-0.2, 0) is 13.5 Å². The van der Waals surface area contributed by atoms with Crippen molar-refractivity contribution in [3.63, 3.8) is 0 Å². The van der Waals surface area contributed by atoms with Crippen LogP contribution >= 0.6 is 11.6 Å². The van der Waals surface area contributed by atoms with Gasteiger partial charge in [0.15, 0.2) is 0 Å². The van der Waals surface area contributed by atoms with Crippen LogP contribution in [0.1, 0.15) is 49.8 Å². The van der Waals surface area contributed by atoms with E-state index >= 15 is 0 Å². The van der Waals surface area contributed by atoms with Crippen molar-refractivity contribution in [3.05, 3.63) is 16.4 Å². The molecular formula is C16H27ClN4. The summed E-state index contributed by atoms with van der Waals surface area (Å²) in [6.07, 6.45) is 8.58. The molecule has 1 saturated carbocycles. The lowest BCUT2D eigenvalue weighted by molar-refractivity contribution is 0.0921. The first-order chi connectivity index (χ1) is 10.0. The molecule has 1 saturated heterocycles. The quantitative estimate of drug-likeness (QED) is 0.930. The number of aromatic nitrogens is 2. The fourth-order valence-corrected chi connectivity index (χ4v) is 4.64. The van der Waals surface area contributed by atoms with Gasteiger partial charge in [0, 0.05) is 24.2 Å². The summed E-state index contributed by atoms with van der Waals surface area (Å²) in [5.74, 6) is 0. The number of likely N-dealkylation sites (tertiary alicyclic amines) is 1. The Labute approximate surface area is 132 Å². The van der Waals surface area contributed by atoms with E-state index in [0.717, 1.165) is 22.8 Å². The van der Waals surface area contributed by atoms with Crippen molar-refractivity contribution in [1.29, 1.82) is 0 Å². The number of halogens is 1. The van der Waals surface area contributed by atoms with E-state index in [9.17, 15) is 0 Å². The third-order valence-corrected chi connectivity index (χ3v) is 6.06. The number of hydrogen-bond acceptors (Lipinski definition) is 3. The van der Waals surface area contributed by atoms with Crippen molar-refractivity contribution >= 4 is 11.6 Å². The topological polar surface area (TPSA) is 47.1 Å². The van der Waals surface area contributed by atoms with E-state index in [-0.39, 0.29) is 11.6 Å². The summed E-state index contributed by atoms with van der Waals surface area (Å²) in [6, 6.07) is 0.151. The Morgan fingerprint density at radius 3 is 2.38 bits per heavy atom. The molecule has 1 unspecified atom stereocenters. The van der Waals surface area contributed by atoms with Crippen molar-refractivity contribution in [2.75, 3.05) is 13.1 Å². The molecule has 21 heavy (non-hydrogen) atoms. The molecule has 2 aliphatic rings. The summed E-state index contributed by atoms with van der Waals surface area (Å²) < 4.78 is 1.76. The second-order valence-corrected chi connectivity index (χ2v) is 7.15. The van der Waals surface area contributed by atoms with Crippen LogP contribution in [0.3, 0.4) is 0 Å². The molecule has 1 aliphatic carbocycles. The van der Waals surface area contributed by atoms with Gasteiger partial charge in [0.05, 0.1) is 5.69 Å². The Kier molecular flexibility index (Phi) is 4.30. The molecule has 0 amide bonds. The first-order valence-electron chi connectivity index (χ1n) is 8.23. The van der Waals surface area contributed by atoms with Crippen LogP contribution in [0.4, 0.5) is 0 Å². The molecule has 0 aromatic carbocycles. The molecule has 2 fully saturated rings. The van der Waals surface area contributed by atoms with E-state index in [0.29, 0.717) is 0 Å². The minimum Gasteiger partial charge on any atom is -0.326 e. The van der Waals surface area contributed by atoms with Crippen LogP contribution in [-0.4, -0.2) is 39.4 Å². The van der Waals surface area contributed by atoms with Crippen molar-refractivity contribution in [2.24, 2.45) is 12.8 Å². The second-order valence-electron chi connectivity index (χ2n) is 6.79. The van der Waals surface area contributed by atoms with Gasteiger partial charge in [-0.1, -0.05) is 24.4 Å². The molecule has 0 radical (unpaired) electrons. The lowest BCUT2D eigenvalue weighted by Gasteiger charge is -2.43. The molecular weight excluding hydrogens is 284 g/mol. The predicted molar refractivity (Wildman–Crippen MR) is 86.6 cm³/mol. The van der Waals surface area contributed by atoms with Crippen molar-refractivity contribution in [2.45, 2.75) is 63.5 Å². The van der Waals surface area contributed by atoms with Gasteiger partial charge in [-0.05, 0) is 52.1 Å². The first kappa shape index (κ1) is 15.3. The number of aryl methyl sites for hydroxylation is 2. The molecule has 4 nitrogen and oxygen atoms in total. The molecule has 2 N–H and O–H groups in total. The summed E-state index contributed by atoms with van der Waals surface area (Å²) in [5, 5.41) is 5.17. The maximum atomic E-state index is 6.74. The highest BCUT2D eigenvalue weighted by atomic mass is 35.5. The minimum atomic E-state index is 0.151. The summed E-state index contributed by atoms with van der Waals surface area (Å²) in [7, 11) is 1.90. The van der Waals surface area contributed by atoms with E-state index in [2.05, 4.69) is 10.00 Å². The van der Waals surface area contributed by atoms with Crippen molar-refractivity contribution in [1.82, 2.24) is 14.7 Å². The van der Waals surface area contributed by atoms with Gasteiger partial charge in [0.1, 0.15) is 5.15 Å². The minimum absolute atomic E-state index is 0.151. The van der Waals surface area contributed by atoms with Crippen LogP contribution in [0.25, 0.3) is 0 Å². The third kappa shape index (κ3) is 2.62. The maximum absolute atomic E-state index is 6.74. The zero-order valence-electron chi connectivity index (χ0n) is 13.2. The van der Waals surface area contributed by atoms with Crippen molar-refractivity contribution < 1.29 is 0 Å². The van der Waals surface area contributed by atoms with E-state index in [4.69, 9.17) is 17.3 Å². The van der Waals surface area contributed by atoms with Crippen LogP contribution in [0.2, 0.25) is 5.15 Å². The van der Waals surface area contributed by atoms with Gasteiger partial charge in [-0.25, -0.2) is 0 Å². The van der Waals surface area contributed by atoms with Gasteiger partial charge >= 0.3 is 0 Å². The lowest BCUT2D eigenvalue weighted by Crippen LogP contribution is -2.58. The van der Waals surface area contributed by atoms with E-state index in [1.807, 2.05) is 14.0 Å². The zero-order valence-corrected chi connectivity index (χ0v) is 14.0. The molecule has 5 heteroatoms. The van der Waals surface area contributed by atoms with Crippen molar-refractivity contribution in [3.8, 4) is 0 Å². The van der Waals surface area contributed by atoms with Crippen LogP contribution in [0.15, 0.2) is 0 Å². The zero-order chi connectivity index (χ0) is 15.0. The molecule has 2 heterocycles. The normalized spacial score (nSPS) is 23.8. The summed E-state index contributed by atoms with van der Waals surface area (Å²) in [6.45, 7) is 4.46. The van der Waals surface area contributed by atoms with Gasteiger partial charge in [-0.15, -0.1) is 0 Å². The number of nitrogens with two attached hydrogens (primary N) is 1. The van der Waals surface area contributed by atoms with Crippen LogP contribution < -0.4 is 5.73 Å². The summed E-state index contributed by atoms with van der Waals surface area (Å²) >= 11 is 6.40. The Hall–Kier alpha value is -0.580. The highest BCUT2D eigenvalue weighted by Gasteiger charge is 2.45. The molecule has 0 spiro atoms. The lowest BCUT2D eigenvalue weighted by atomic mass is 9.83. The molecule has 118 valence electrons. The van der Waals surface area contributed by atoms with E-state index < -0.39 is 0 Å². The summed E-state index contributed by atoms with van der Waals surface area (Å²) in [5.41, 5.74) is 9.09. The van der Waals surface area contributed by atoms with E-state index in [1.54, 1.807) is 4.68 Å². The van der Waals surface area contributed by atoms with Gasteiger partial charge in [-0.3, -0.25) is 9.58 Å². The third-order valence-electron chi connectivity index (χ3n) is 5.59. The number of hydrogen-bond donors (Lipinski definition) is 1. The molecule has 1 aromatic heterocycles. The molecule has 1 aromatic rings. The second kappa shape index (κ2) is 5.90. The number of nitrogens with zero attached hydrogens (tertiary/aromatic N) is 3. The monoisotopic (exact) mass is 310 g/mol. The maximum Gasteiger partial charge on any atom is 0.130 e. The Bertz CT molecular complexity index is 499. The highest BCUT2D eigenvalue weighted by Crippen LogP contribution is 2.40. The fourth-order valence-electron chi connectivity index (χ4n) is 4.39. The van der Waals surface area contributed by atoms with Gasteiger partial charge in [0.2, 0.25) is 0 Å². The molecule has 3 rings (SSSR count). The molecule has 1 aliphatic heterocycles. The Morgan fingerprint density at radius 2 is 1.86 bits per heavy atom.